The second-order valence-corrected chi connectivity index (χ2v) is 9.33. The van der Waals surface area contributed by atoms with Crippen molar-refractivity contribution in [1.29, 1.82) is 0 Å². The van der Waals surface area contributed by atoms with Crippen LogP contribution in [-0.4, -0.2) is 46.7 Å². The molecule has 1 aromatic rings. The van der Waals surface area contributed by atoms with E-state index in [1.807, 2.05) is 31.2 Å². The third-order valence-corrected chi connectivity index (χ3v) is 6.93. The number of allylic oxidation sites excluding steroid dienone is 1. The zero-order valence-electron chi connectivity index (χ0n) is 17.8. The number of halogens is 1. The molecule has 1 saturated heterocycles. The topological polar surface area (TPSA) is 71.0 Å². The first kappa shape index (κ1) is 22.7. The van der Waals surface area contributed by atoms with Crippen molar-refractivity contribution in [2.45, 2.75) is 40.2 Å². The Morgan fingerprint density at radius 1 is 1.33 bits per heavy atom. The Bertz CT molecular complexity index is 880. The van der Waals surface area contributed by atoms with Gasteiger partial charge in [0.25, 0.3) is 0 Å². The highest BCUT2D eigenvalue weighted by atomic mass is 35.5. The highest BCUT2D eigenvalue weighted by Crippen LogP contribution is 2.40. The summed E-state index contributed by atoms with van der Waals surface area (Å²) in [5.41, 5.74) is 2.26. The molecule has 2 heterocycles. The van der Waals surface area contributed by atoms with Crippen LogP contribution >= 0.6 is 23.4 Å². The number of ether oxygens (including phenoxy) is 1. The molecule has 1 fully saturated rings. The van der Waals surface area contributed by atoms with Gasteiger partial charge < -0.3 is 15.0 Å². The van der Waals surface area contributed by atoms with Crippen LogP contribution in [0.4, 0.5) is 5.69 Å². The number of anilines is 1. The third kappa shape index (κ3) is 4.67. The maximum atomic E-state index is 12.8. The first-order valence-electron chi connectivity index (χ1n) is 10.1. The Kier molecular flexibility index (Phi) is 7.14. The minimum atomic E-state index is -0.656. The molecule has 2 aliphatic rings. The number of esters is 1. The fourth-order valence-corrected chi connectivity index (χ4v) is 4.54. The van der Waals surface area contributed by atoms with Crippen LogP contribution < -0.4 is 5.32 Å². The van der Waals surface area contributed by atoms with E-state index in [-0.39, 0.29) is 23.8 Å². The van der Waals surface area contributed by atoms with Crippen LogP contribution in [0.3, 0.4) is 0 Å². The third-order valence-electron chi connectivity index (χ3n) is 5.19. The van der Waals surface area contributed by atoms with Gasteiger partial charge in [-0.05, 0) is 51.8 Å². The summed E-state index contributed by atoms with van der Waals surface area (Å²) in [4.78, 5) is 32.0. The molecule has 0 aliphatic carbocycles. The molecule has 1 amide bonds. The Labute approximate surface area is 187 Å². The minimum absolute atomic E-state index is 0.132. The number of amidine groups is 1. The summed E-state index contributed by atoms with van der Waals surface area (Å²) >= 11 is 7.62. The van der Waals surface area contributed by atoms with E-state index in [0.717, 1.165) is 29.4 Å². The van der Waals surface area contributed by atoms with Crippen molar-refractivity contribution in [3.63, 3.8) is 0 Å². The second-order valence-electron chi connectivity index (χ2n) is 8.01. The van der Waals surface area contributed by atoms with Crippen molar-refractivity contribution >= 4 is 46.1 Å². The van der Waals surface area contributed by atoms with Gasteiger partial charge >= 0.3 is 5.97 Å². The molecular weight excluding hydrogens is 422 g/mol. The first-order valence-corrected chi connectivity index (χ1v) is 11.6. The summed E-state index contributed by atoms with van der Waals surface area (Å²) in [7, 11) is 0. The van der Waals surface area contributed by atoms with Crippen LogP contribution in [0.1, 0.15) is 45.7 Å². The predicted octanol–water partition coefficient (Wildman–Crippen LogP) is 4.58. The van der Waals surface area contributed by atoms with Crippen LogP contribution in [0.5, 0.6) is 0 Å². The Hall–Kier alpha value is -1.99. The molecule has 1 atom stereocenters. The quantitative estimate of drug-likeness (QED) is 0.508. The highest BCUT2D eigenvalue weighted by Gasteiger charge is 2.37. The maximum absolute atomic E-state index is 12.8. The van der Waals surface area contributed by atoms with Crippen LogP contribution in [0, 0.1) is 5.41 Å². The van der Waals surface area contributed by atoms with E-state index in [9.17, 15) is 9.59 Å². The van der Waals surface area contributed by atoms with Crippen LogP contribution in [0.15, 0.2) is 40.5 Å². The zero-order valence-corrected chi connectivity index (χ0v) is 19.4. The van der Waals surface area contributed by atoms with Crippen LogP contribution in [0.2, 0.25) is 0 Å². The molecule has 0 aromatic heterocycles. The van der Waals surface area contributed by atoms with E-state index in [0.29, 0.717) is 23.6 Å². The van der Waals surface area contributed by atoms with E-state index >= 15 is 0 Å². The highest BCUT2D eigenvalue weighted by molar-refractivity contribution is 8.13. The fraction of sp³-hybridized carbons (Fsp3) is 0.500. The number of alkyl halides is 1. The van der Waals surface area contributed by atoms with E-state index in [4.69, 9.17) is 16.3 Å². The maximum Gasteiger partial charge on any atom is 0.338 e. The van der Waals surface area contributed by atoms with Gasteiger partial charge in [0.2, 0.25) is 5.91 Å². The minimum Gasteiger partial charge on any atom is -0.463 e. The second kappa shape index (κ2) is 9.43. The van der Waals surface area contributed by atoms with Gasteiger partial charge in [0.1, 0.15) is 0 Å². The number of hydrogen-bond donors (Lipinski definition) is 1. The molecule has 30 heavy (non-hydrogen) atoms. The number of amides is 1. The smallest absolute Gasteiger partial charge is 0.338 e. The van der Waals surface area contributed by atoms with Gasteiger partial charge in [-0.3, -0.25) is 4.79 Å². The van der Waals surface area contributed by atoms with Crippen molar-refractivity contribution in [2.24, 2.45) is 10.4 Å². The van der Waals surface area contributed by atoms with Crippen molar-refractivity contribution in [3.05, 3.63) is 41.1 Å². The van der Waals surface area contributed by atoms with Crippen molar-refractivity contribution < 1.29 is 14.3 Å². The molecule has 2 aliphatic heterocycles. The molecule has 6 nitrogen and oxygen atoms in total. The van der Waals surface area contributed by atoms with Crippen LogP contribution in [0.25, 0.3) is 0 Å². The monoisotopic (exact) mass is 449 g/mol. The molecule has 162 valence electrons. The summed E-state index contributed by atoms with van der Waals surface area (Å²) in [6.07, 6.45) is 1.02. The molecule has 1 aromatic carbocycles. The molecular formula is C22H28ClN3O3S. The van der Waals surface area contributed by atoms with E-state index in [1.54, 1.807) is 32.5 Å². The van der Waals surface area contributed by atoms with Crippen molar-refractivity contribution in [1.82, 2.24) is 4.90 Å². The zero-order chi connectivity index (χ0) is 21.9. The lowest BCUT2D eigenvalue weighted by molar-refractivity contribution is -0.139. The van der Waals surface area contributed by atoms with Gasteiger partial charge in [-0.25, -0.2) is 9.79 Å². The number of carbonyl (C=O) groups is 2. The molecule has 0 saturated carbocycles. The number of fused-ring (bicyclic) bond motifs is 1. The van der Waals surface area contributed by atoms with Gasteiger partial charge in [-0.2, -0.15) is 0 Å². The largest absolute Gasteiger partial charge is 0.463 e. The number of aliphatic imine (C=N–C) groups is 1. The molecule has 0 unspecified atom stereocenters. The number of carbonyl (C=O) groups excluding carboxylic acids is 2. The normalized spacial score (nSPS) is 19.2. The van der Waals surface area contributed by atoms with Gasteiger partial charge in [0, 0.05) is 23.9 Å². The average molecular weight is 450 g/mol. The Morgan fingerprint density at radius 3 is 2.67 bits per heavy atom. The fourth-order valence-electron chi connectivity index (χ4n) is 3.39. The van der Waals surface area contributed by atoms with Crippen molar-refractivity contribution in [3.8, 4) is 0 Å². The molecule has 0 radical (unpaired) electrons. The molecule has 1 N–H and O–H groups in total. The van der Waals surface area contributed by atoms with Gasteiger partial charge in [-0.15, -0.1) is 11.6 Å². The number of hydrogen-bond acceptors (Lipinski definition) is 6. The van der Waals surface area contributed by atoms with Gasteiger partial charge in [0.05, 0.1) is 29.3 Å². The summed E-state index contributed by atoms with van der Waals surface area (Å²) in [6.45, 7) is 8.42. The SMILES string of the molecule is CCOC(=O)C1=C(C)N=C2SCCCN2[C@@H]1c1ccc(NC(=O)C(C)(C)CCl)cc1. The summed E-state index contributed by atoms with van der Waals surface area (Å²) in [5, 5.41) is 3.86. The summed E-state index contributed by atoms with van der Waals surface area (Å²) < 4.78 is 5.34. The first-order chi connectivity index (χ1) is 14.3. The van der Waals surface area contributed by atoms with E-state index in [2.05, 4.69) is 15.2 Å². The molecule has 8 heteroatoms. The van der Waals surface area contributed by atoms with E-state index in [1.165, 1.54) is 0 Å². The number of nitrogens with one attached hydrogen (secondary N) is 1. The lowest BCUT2D eigenvalue weighted by atomic mass is 9.93. The predicted molar refractivity (Wildman–Crippen MR) is 123 cm³/mol. The lowest BCUT2D eigenvalue weighted by Gasteiger charge is -2.40. The molecule has 0 spiro atoms. The molecule has 3 rings (SSSR count). The summed E-state index contributed by atoms with van der Waals surface area (Å²) in [6, 6.07) is 7.36. The van der Waals surface area contributed by atoms with E-state index < -0.39 is 5.41 Å². The summed E-state index contributed by atoms with van der Waals surface area (Å²) in [5.74, 6) is 0.791. The standard InChI is InChI=1S/C22H28ClN3O3S/c1-5-29-19(27)17-14(2)24-21-26(11-6-12-30-21)18(17)15-7-9-16(10-8-15)25-20(28)22(3,4)13-23/h7-10,18H,5-6,11-13H2,1-4H3,(H,25,28)/t18-/m1/s1. The average Bonchev–Trinajstić information content (AvgIpc) is 2.73. The molecule has 0 bridgehead atoms. The lowest BCUT2D eigenvalue weighted by Crippen LogP contribution is -2.42. The van der Waals surface area contributed by atoms with Gasteiger partial charge in [-0.1, -0.05) is 23.9 Å². The number of nitrogens with zero attached hydrogens (tertiary/aromatic N) is 2. The van der Waals surface area contributed by atoms with Gasteiger partial charge in [0.15, 0.2) is 5.17 Å². The van der Waals surface area contributed by atoms with Crippen molar-refractivity contribution in [2.75, 3.05) is 30.1 Å². The number of benzene rings is 1. The number of thioether (sulfide) groups is 1. The Balaban J connectivity index is 1.92. The van der Waals surface area contributed by atoms with Crippen LogP contribution in [-0.2, 0) is 14.3 Å². The number of rotatable bonds is 6. The Morgan fingerprint density at radius 2 is 2.03 bits per heavy atom.